The summed E-state index contributed by atoms with van der Waals surface area (Å²) in [6.45, 7) is 9.32. The van der Waals surface area contributed by atoms with E-state index in [0.717, 1.165) is 44.6 Å². The van der Waals surface area contributed by atoms with Crippen LogP contribution in [0, 0.1) is 0 Å². The van der Waals surface area contributed by atoms with Crippen molar-refractivity contribution in [1.82, 2.24) is 0 Å². The van der Waals surface area contributed by atoms with Crippen LogP contribution in [0.5, 0.6) is 0 Å². The standard InChI is InChI=1S/C52H41NO/c1-51(2,35-16-6-5-7-17-35)36-26-28-37(29-27-36)53(38-30-31-45-43(33-38)40-19-10-12-22-44(40)52(45,3)4)46-32-25-34-15-8-9-18-39(34)49(46)42-21-14-24-48-50(42)41-20-11-13-23-47(41)54-48/h5-33H,1-4H3. The Morgan fingerprint density at radius 1 is 0.481 bits per heavy atom. The van der Waals surface area contributed by atoms with Gasteiger partial charge in [0.05, 0.1) is 5.69 Å². The maximum absolute atomic E-state index is 6.47. The number of anilines is 3. The Labute approximate surface area is 316 Å². The Bertz CT molecular complexity index is 2880. The van der Waals surface area contributed by atoms with Crippen LogP contribution in [0.15, 0.2) is 180 Å². The molecule has 0 bridgehead atoms. The van der Waals surface area contributed by atoms with Gasteiger partial charge < -0.3 is 9.32 Å². The highest BCUT2D eigenvalue weighted by molar-refractivity contribution is 6.18. The molecule has 0 saturated heterocycles. The molecular weight excluding hydrogens is 655 g/mol. The van der Waals surface area contributed by atoms with Crippen LogP contribution in [-0.2, 0) is 10.8 Å². The molecule has 0 fully saturated rings. The minimum absolute atomic E-state index is 0.0773. The van der Waals surface area contributed by atoms with Gasteiger partial charge in [-0.25, -0.2) is 0 Å². The number of hydrogen-bond donors (Lipinski definition) is 0. The van der Waals surface area contributed by atoms with Crippen molar-refractivity contribution in [3.8, 4) is 22.3 Å². The van der Waals surface area contributed by atoms with E-state index in [0.29, 0.717) is 0 Å². The summed E-state index contributed by atoms with van der Waals surface area (Å²) in [6, 6.07) is 64.3. The van der Waals surface area contributed by atoms with Gasteiger partial charge in [0.1, 0.15) is 11.2 Å². The minimum atomic E-state index is -0.153. The van der Waals surface area contributed by atoms with E-state index >= 15 is 0 Å². The Hall–Kier alpha value is -6.38. The predicted molar refractivity (Wildman–Crippen MR) is 227 cm³/mol. The first-order valence-corrected chi connectivity index (χ1v) is 18.9. The van der Waals surface area contributed by atoms with E-state index in [1.165, 1.54) is 49.7 Å². The molecule has 10 rings (SSSR count). The summed E-state index contributed by atoms with van der Waals surface area (Å²) in [5.41, 5.74) is 15.2. The number of nitrogens with zero attached hydrogens (tertiary/aromatic N) is 1. The molecule has 2 heteroatoms. The molecule has 0 saturated carbocycles. The van der Waals surface area contributed by atoms with E-state index in [9.17, 15) is 0 Å². The van der Waals surface area contributed by atoms with Gasteiger partial charge in [-0.1, -0.05) is 161 Å². The average molecular weight is 696 g/mol. The second-order valence-corrected chi connectivity index (χ2v) is 15.7. The number of furan rings is 1. The molecule has 0 N–H and O–H groups in total. The molecule has 1 aromatic heterocycles. The topological polar surface area (TPSA) is 16.4 Å². The molecule has 1 aliphatic carbocycles. The van der Waals surface area contributed by atoms with Crippen LogP contribution in [0.2, 0.25) is 0 Å². The second-order valence-electron chi connectivity index (χ2n) is 15.7. The molecule has 54 heavy (non-hydrogen) atoms. The first kappa shape index (κ1) is 32.3. The van der Waals surface area contributed by atoms with E-state index in [-0.39, 0.29) is 10.8 Å². The number of fused-ring (bicyclic) bond motifs is 7. The third-order valence-corrected chi connectivity index (χ3v) is 12.0. The zero-order valence-electron chi connectivity index (χ0n) is 31.1. The van der Waals surface area contributed by atoms with Gasteiger partial charge in [-0.2, -0.15) is 0 Å². The van der Waals surface area contributed by atoms with E-state index in [4.69, 9.17) is 4.42 Å². The minimum Gasteiger partial charge on any atom is -0.456 e. The fourth-order valence-corrected chi connectivity index (χ4v) is 9.04. The highest BCUT2D eigenvalue weighted by Crippen LogP contribution is 2.52. The molecule has 9 aromatic rings. The van der Waals surface area contributed by atoms with Crippen molar-refractivity contribution >= 4 is 49.8 Å². The molecule has 260 valence electrons. The summed E-state index contributed by atoms with van der Waals surface area (Å²) in [5, 5.41) is 4.66. The van der Waals surface area contributed by atoms with Gasteiger partial charge in [0.25, 0.3) is 0 Å². The van der Waals surface area contributed by atoms with Crippen molar-refractivity contribution in [2.75, 3.05) is 4.90 Å². The van der Waals surface area contributed by atoms with Crippen molar-refractivity contribution in [3.63, 3.8) is 0 Å². The lowest BCUT2D eigenvalue weighted by molar-refractivity contribution is 0.641. The van der Waals surface area contributed by atoms with Gasteiger partial charge in [0, 0.05) is 38.5 Å². The quantitative estimate of drug-likeness (QED) is 0.172. The SMILES string of the molecule is CC(C)(c1ccccc1)c1ccc(N(c2ccc3c(c2)-c2ccccc2C3(C)C)c2ccc3ccccc3c2-c2cccc3oc4ccccc4c23)cc1. The molecule has 2 nitrogen and oxygen atoms in total. The van der Waals surface area contributed by atoms with Crippen LogP contribution in [0.25, 0.3) is 55.0 Å². The fraction of sp³-hybridized carbons (Fsp3) is 0.115. The lowest BCUT2D eigenvalue weighted by Gasteiger charge is -2.31. The number of hydrogen-bond acceptors (Lipinski definition) is 2. The third kappa shape index (κ3) is 4.87. The Balaban J connectivity index is 1.25. The molecule has 0 unspecified atom stereocenters. The lowest BCUT2D eigenvalue weighted by atomic mass is 9.78. The van der Waals surface area contributed by atoms with Crippen LogP contribution in [-0.4, -0.2) is 0 Å². The van der Waals surface area contributed by atoms with Gasteiger partial charge in [0.2, 0.25) is 0 Å². The maximum Gasteiger partial charge on any atom is 0.136 e. The summed E-state index contributed by atoms with van der Waals surface area (Å²) >= 11 is 0. The van der Waals surface area contributed by atoms with Gasteiger partial charge in [-0.15, -0.1) is 0 Å². The Morgan fingerprint density at radius 2 is 1.11 bits per heavy atom. The fourth-order valence-electron chi connectivity index (χ4n) is 9.04. The molecule has 0 aliphatic heterocycles. The van der Waals surface area contributed by atoms with E-state index in [2.05, 4.69) is 202 Å². The first-order valence-electron chi connectivity index (χ1n) is 18.9. The second kappa shape index (κ2) is 12.1. The summed E-state index contributed by atoms with van der Waals surface area (Å²) in [7, 11) is 0. The van der Waals surface area contributed by atoms with Crippen molar-refractivity contribution < 1.29 is 4.42 Å². The number of rotatable bonds is 6. The average Bonchev–Trinajstić information content (AvgIpc) is 3.70. The van der Waals surface area contributed by atoms with Crippen LogP contribution < -0.4 is 4.90 Å². The molecule has 1 heterocycles. The van der Waals surface area contributed by atoms with Crippen molar-refractivity contribution in [1.29, 1.82) is 0 Å². The molecule has 0 radical (unpaired) electrons. The van der Waals surface area contributed by atoms with Crippen molar-refractivity contribution in [3.05, 3.63) is 198 Å². The summed E-state index contributed by atoms with van der Waals surface area (Å²) in [5.74, 6) is 0. The van der Waals surface area contributed by atoms with Crippen LogP contribution >= 0.6 is 0 Å². The van der Waals surface area contributed by atoms with Crippen LogP contribution in [0.3, 0.4) is 0 Å². The number of benzene rings is 8. The maximum atomic E-state index is 6.47. The smallest absolute Gasteiger partial charge is 0.136 e. The zero-order valence-corrected chi connectivity index (χ0v) is 31.1. The van der Waals surface area contributed by atoms with Gasteiger partial charge in [-0.05, 0) is 92.2 Å². The molecule has 0 atom stereocenters. The predicted octanol–water partition coefficient (Wildman–Crippen LogP) is 14.5. The van der Waals surface area contributed by atoms with E-state index in [1.807, 2.05) is 6.07 Å². The van der Waals surface area contributed by atoms with Gasteiger partial charge in [0.15, 0.2) is 0 Å². The van der Waals surface area contributed by atoms with Gasteiger partial charge in [-0.3, -0.25) is 0 Å². The van der Waals surface area contributed by atoms with Crippen molar-refractivity contribution in [2.24, 2.45) is 0 Å². The van der Waals surface area contributed by atoms with E-state index < -0.39 is 0 Å². The molecule has 0 amide bonds. The van der Waals surface area contributed by atoms with E-state index in [1.54, 1.807) is 0 Å². The monoisotopic (exact) mass is 695 g/mol. The zero-order chi connectivity index (χ0) is 36.6. The molecule has 1 aliphatic rings. The largest absolute Gasteiger partial charge is 0.456 e. The lowest BCUT2D eigenvalue weighted by Crippen LogP contribution is -2.19. The summed E-state index contributed by atoms with van der Waals surface area (Å²) in [6.07, 6.45) is 0. The first-order chi connectivity index (χ1) is 26.3. The highest BCUT2D eigenvalue weighted by Gasteiger charge is 2.36. The third-order valence-electron chi connectivity index (χ3n) is 12.0. The van der Waals surface area contributed by atoms with Crippen LogP contribution in [0.1, 0.15) is 49.9 Å². The van der Waals surface area contributed by atoms with Gasteiger partial charge >= 0.3 is 0 Å². The molecule has 0 spiro atoms. The summed E-state index contributed by atoms with van der Waals surface area (Å²) < 4.78 is 6.47. The Morgan fingerprint density at radius 3 is 1.94 bits per heavy atom. The van der Waals surface area contributed by atoms with Crippen molar-refractivity contribution in [2.45, 2.75) is 38.5 Å². The molecule has 8 aromatic carbocycles. The normalized spacial score (nSPS) is 13.3. The summed E-state index contributed by atoms with van der Waals surface area (Å²) in [4.78, 5) is 2.47. The van der Waals surface area contributed by atoms with Crippen LogP contribution in [0.4, 0.5) is 17.1 Å². The highest BCUT2D eigenvalue weighted by atomic mass is 16.3. The molecular formula is C52H41NO. The number of para-hydroxylation sites is 1. The Kier molecular flexibility index (Phi) is 7.22.